The van der Waals surface area contributed by atoms with E-state index >= 15 is 0 Å². The van der Waals surface area contributed by atoms with Crippen LogP contribution in [0.4, 0.5) is 8.78 Å². The minimum absolute atomic E-state index is 0.0979. The number of hydrogen-bond donors (Lipinski definition) is 1. The van der Waals surface area contributed by atoms with Crippen molar-refractivity contribution in [2.24, 2.45) is 0 Å². The molecule has 4 nitrogen and oxygen atoms in total. The molecule has 1 amide bonds. The number of rotatable bonds is 3. The van der Waals surface area contributed by atoms with Crippen LogP contribution < -0.4 is 0 Å². The van der Waals surface area contributed by atoms with E-state index in [-0.39, 0.29) is 12.0 Å². The van der Waals surface area contributed by atoms with Gasteiger partial charge in [0.1, 0.15) is 22.9 Å². The highest BCUT2D eigenvalue weighted by Gasteiger charge is 2.25. The third-order valence-corrected chi connectivity index (χ3v) is 2.42. The Balaban J connectivity index is 3.38. The first-order chi connectivity index (χ1) is 7.93. The maximum absolute atomic E-state index is 13.8. The molecule has 0 fully saturated rings. The summed E-state index contributed by atoms with van der Waals surface area (Å²) in [5.41, 5.74) is -0.830. The van der Waals surface area contributed by atoms with E-state index in [4.69, 9.17) is 0 Å². The van der Waals surface area contributed by atoms with Crippen LogP contribution in [0.25, 0.3) is 0 Å². The number of nitrogens with zero attached hydrogens (tertiary/aromatic N) is 1. The number of hydroxylamine groups is 2. The molecule has 17 heavy (non-hydrogen) atoms. The zero-order chi connectivity index (χ0) is 13.2. The van der Waals surface area contributed by atoms with Crippen molar-refractivity contribution in [3.8, 4) is 5.75 Å². The molecule has 0 spiro atoms. The molecule has 1 rings (SSSR count). The van der Waals surface area contributed by atoms with Crippen LogP contribution in [0, 0.1) is 11.6 Å². The Kier molecular flexibility index (Phi) is 4.01. The van der Waals surface area contributed by atoms with Crippen molar-refractivity contribution in [3.63, 3.8) is 0 Å². The highest BCUT2D eigenvalue weighted by molar-refractivity contribution is 5.94. The summed E-state index contributed by atoms with van der Waals surface area (Å²) < 4.78 is 27.3. The van der Waals surface area contributed by atoms with E-state index in [0.29, 0.717) is 5.06 Å². The number of phenols is 1. The lowest BCUT2D eigenvalue weighted by Gasteiger charge is -2.16. The second-order valence-electron chi connectivity index (χ2n) is 3.38. The van der Waals surface area contributed by atoms with Crippen LogP contribution in [0.1, 0.15) is 22.8 Å². The SMILES string of the molecule is CCc1c(O)cc(F)c(C(=O)N(C)OC)c1F. The van der Waals surface area contributed by atoms with Gasteiger partial charge in [-0.05, 0) is 6.42 Å². The number of halogens is 2. The minimum atomic E-state index is -1.12. The summed E-state index contributed by atoms with van der Waals surface area (Å²) in [5, 5.41) is 10.0. The normalized spacial score (nSPS) is 10.4. The fourth-order valence-electron chi connectivity index (χ4n) is 1.42. The first kappa shape index (κ1) is 13.4. The highest BCUT2D eigenvalue weighted by atomic mass is 19.1. The van der Waals surface area contributed by atoms with Crippen molar-refractivity contribution in [1.82, 2.24) is 5.06 Å². The van der Waals surface area contributed by atoms with Crippen molar-refractivity contribution in [2.75, 3.05) is 14.2 Å². The molecule has 0 bridgehead atoms. The Hall–Kier alpha value is -1.69. The summed E-state index contributed by atoms with van der Waals surface area (Å²) in [4.78, 5) is 16.2. The molecule has 0 heterocycles. The highest BCUT2D eigenvalue weighted by Crippen LogP contribution is 2.27. The molecule has 6 heteroatoms. The Morgan fingerprint density at radius 3 is 2.59 bits per heavy atom. The summed E-state index contributed by atoms with van der Waals surface area (Å²) in [6.45, 7) is 1.59. The Morgan fingerprint density at radius 2 is 2.12 bits per heavy atom. The average Bonchev–Trinajstić information content (AvgIpc) is 2.27. The number of hydrogen-bond acceptors (Lipinski definition) is 3. The predicted octanol–water partition coefficient (Wildman–Crippen LogP) is 1.87. The zero-order valence-electron chi connectivity index (χ0n) is 9.75. The molecule has 0 saturated heterocycles. The summed E-state index contributed by atoms with van der Waals surface area (Å²) in [6.07, 6.45) is 0.148. The van der Waals surface area contributed by atoms with E-state index in [0.717, 1.165) is 6.07 Å². The van der Waals surface area contributed by atoms with Crippen LogP contribution in [0.2, 0.25) is 0 Å². The summed E-state index contributed by atoms with van der Waals surface area (Å²) in [6, 6.07) is 0.721. The number of amides is 1. The smallest absolute Gasteiger partial charge is 0.283 e. The standard InChI is InChI=1S/C11H13F2NO3/c1-4-6-8(15)5-7(12)9(10(6)13)11(16)14(2)17-3/h5,15H,4H2,1-3H3. The fourth-order valence-corrected chi connectivity index (χ4v) is 1.42. The Morgan fingerprint density at radius 1 is 1.53 bits per heavy atom. The minimum Gasteiger partial charge on any atom is -0.507 e. The predicted molar refractivity (Wildman–Crippen MR) is 56.5 cm³/mol. The van der Waals surface area contributed by atoms with Gasteiger partial charge in [-0.2, -0.15) is 0 Å². The van der Waals surface area contributed by atoms with E-state index in [1.165, 1.54) is 14.2 Å². The number of aromatic hydroxyl groups is 1. The van der Waals surface area contributed by atoms with Gasteiger partial charge < -0.3 is 5.11 Å². The molecule has 0 unspecified atom stereocenters. The third-order valence-electron chi connectivity index (χ3n) is 2.42. The van der Waals surface area contributed by atoms with Crippen molar-refractivity contribution >= 4 is 5.91 Å². The van der Waals surface area contributed by atoms with E-state index in [2.05, 4.69) is 4.84 Å². The molecule has 94 valence electrons. The number of carbonyl (C=O) groups excluding carboxylic acids is 1. The molecular weight excluding hydrogens is 232 g/mol. The zero-order valence-corrected chi connectivity index (χ0v) is 9.75. The monoisotopic (exact) mass is 245 g/mol. The maximum Gasteiger partial charge on any atom is 0.283 e. The molecule has 0 aliphatic carbocycles. The van der Waals surface area contributed by atoms with Gasteiger partial charge in [0.25, 0.3) is 5.91 Å². The van der Waals surface area contributed by atoms with Gasteiger partial charge in [0.15, 0.2) is 0 Å². The Bertz CT molecular complexity index is 449. The Labute approximate surface area is 97.4 Å². The molecule has 1 N–H and O–H groups in total. The lowest BCUT2D eigenvalue weighted by atomic mass is 10.0. The summed E-state index contributed by atoms with van der Waals surface area (Å²) >= 11 is 0. The van der Waals surface area contributed by atoms with Gasteiger partial charge in [-0.3, -0.25) is 9.63 Å². The molecule has 0 radical (unpaired) electrons. The molecule has 0 aliphatic rings. The van der Waals surface area contributed by atoms with Crippen LogP contribution in [0.3, 0.4) is 0 Å². The number of benzene rings is 1. The van der Waals surface area contributed by atoms with Crippen LogP contribution in [0.15, 0.2) is 6.07 Å². The second-order valence-corrected chi connectivity index (χ2v) is 3.38. The van der Waals surface area contributed by atoms with Crippen molar-refractivity contribution < 1.29 is 23.5 Å². The van der Waals surface area contributed by atoms with Gasteiger partial charge in [0.05, 0.1) is 7.11 Å². The molecule has 0 aliphatic heterocycles. The molecule has 0 saturated carbocycles. The van der Waals surface area contributed by atoms with Crippen molar-refractivity contribution in [1.29, 1.82) is 0 Å². The van der Waals surface area contributed by atoms with Crippen LogP contribution >= 0.6 is 0 Å². The molecule has 0 aromatic heterocycles. The molecule has 1 aromatic rings. The van der Waals surface area contributed by atoms with Crippen molar-refractivity contribution in [2.45, 2.75) is 13.3 Å². The quantitative estimate of drug-likeness (QED) is 0.827. The van der Waals surface area contributed by atoms with Crippen LogP contribution in [-0.4, -0.2) is 30.2 Å². The first-order valence-electron chi connectivity index (χ1n) is 4.96. The van der Waals surface area contributed by atoms with Crippen LogP contribution in [0.5, 0.6) is 5.75 Å². The lowest BCUT2D eigenvalue weighted by molar-refractivity contribution is -0.0762. The van der Waals surface area contributed by atoms with E-state index < -0.39 is 28.9 Å². The van der Waals surface area contributed by atoms with E-state index in [9.17, 15) is 18.7 Å². The fraction of sp³-hybridized carbons (Fsp3) is 0.364. The molecule has 0 atom stereocenters. The van der Waals surface area contributed by atoms with Gasteiger partial charge in [-0.15, -0.1) is 0 Å². The molecular formula is C11H13F2NO3. The number of carbonyl (C=O) groups is 1. The van der Waals surface area contributed by atoms with E-state index in [1.54, 1.807) is 6.92 Å². The van der Waals surface area contributed by atoms with Gasteiger partial charge in [0.2, 0.25) is 0 Å². The van der Waals surface area contributed by atoms with Gasteiger partial charge in [0, 0.05) is 18.7 Å². The second kappa shape index (κ2) is 5.09. The largest absolute Gasteiger partial charge is 0.507 e. The van der Waals surface area contributed by atoms with E-state index in [1.807, 2.05) is 0 Å². The van der Waals surface area contributed by atoms with Crippen LogP contribution in [-0.2, 0) is 11.3 Å². The topological polar surface area (TPSA) is 49.8 Å². The summed E-state index contributed by atoms with van der Waals surface area (Å²) in [7, 11) is 2.44. The third kappa shape index (κ3) is 2.36. The summed E-state index contributed by atoms with van der Waals surface area (Å²) in [5.74, 6) is -3.62. The molecule has 1 aromatic carbocycles. The number of phenolic OH excluding ortho intramolecular Hbond substituents is 1. The lowest BCUT2D eigenvalue weighted by Crippen LogP contribution is -2.27. The van der Waals surface area contributed by atoms with Crippen molar-refractivity contribution in [3.05, 3.63) is 28.8 Å². The van der Waals surface area contributed by atoms with Gasteiger partial charge >= 0.3 is 0 Å². The average molecular weight is 245 g/mol. The maximum atomic E-state index is 13.8. The first-order valence-corrected chi connectivity index (χ1v) is 4.96. The van der Waals surface area contributed by atoms with Gasteiger partial charge in [-0.25, -0.2) is 13.8 Å². The van der Waals surface area contributed by atoms with Gasteiger partial charge in [-0.1, -0.05) is 6.92 Å².